The molecule has 0 spiro atoms. The summed E-state index contributed by atoms with van der Waals surface area (Å²) in [5, 5.41) is 0. The van der Waals surface area contributed by atoms with Crippen LogP contribution in [0.3, 0.4) is 0 Å². The number of rotatable bonds is 2. The van der Waals surface area contributed by atoms with Crippen molar-refractivity contribution < 1.29 is 9.53 Å². The topological polar surface area (TPSA) is 58.8 Å². The van der Waals surface area contributed by atoms with Crippen LogP contribution in [0.1, 0.15) is 24.9 Å². The van der Waals surface area contributed by atoms with Crippen LogP contribution in [0.5, 0.6) is 0 Å². The second-order valence-corrected chi connectivity index (χ2v) is 5.45. The highest BCUT2D eigenvalue weighted by atomic mass is 16.5. The number of hydrogen-bond acceptors (Lipinski definition) is 4. The number of benzene rings is 1. The van der Waals surface area contributed by atoms with Crippen molar-refractivity contribution in [2.75, 3.05) is 36.6 Å². The van der Waals surface area contributed by atoms with Crippen LogP contribution in [-0.4, -0.2) is 38.8 Å². The number of carbonyl (C=O) groups is 1. The average Bonchev–Trinajstić information content (AvgIpc) is 2.71. The van der Waals surface area contributed by atoms with Gasteiger partial charge in [0.2, 0.25) is 5.91 Å². The summed E-state index contributed by atoms with van der Waals surface area (Å²) in [6.45, 7) is 4.58. The van der Waals surface area contributed by atoms with Gasteiger partial charge in [0.25, 0.3) is 0 Å². The minimum Gasteiger partial charge on any atom is -0.377 e. The van der Waals surface area contributed by atoms with Crippen molar-refractivity contribution in [3.8, 4) is 0 Å². The Bertz CT molecular complexity index is 532. The predicted octanol–water partition coefficient (Wildman–Crippen LogP) is 1.28. The van der Waals surface area contributed by atoms with Gasteiger partial charge in [-0.25, -0.2) is 0 Å². The highest BCUT2D eigenvalue weighted by molar-refractivity contribution is 6.04. The largest absolute Gasteiger partial charge is 0.377 e. The van der Waals surface area contributed by atoms with Crippen LogP contribution >= 0.6 is 0 Å². The maximum atomic E-state index is 11.9. The van der Waals surface area contributed by atoms with Crippen molar-refractivity contribution in [3.63, 3.8) is 0 Å². The normalized spacial score (nSPS) is 26.1. The molecule has 0 saturated carbocycles. The van der Waals surface area contributed by atoms with E-state index in [9.17, 15) is 4.79 Å². The number of anilines is 2. The van der Waals surface area contributed by atoms with E-state index in [1.807, 2.05) is 6.07 Å². The van der Waals surface area contributed by atoms with Crippen molar-refractivity contribution in [1.29, 1.82) is 0 Å². The SMILES string of the molecule is CCC1COCCN1c1ccc2c(c1)N(C)C(=O)C2N. The van der Waals surface area contributed by atoms with Crippen LogP contribution < -0.4 is 15.5 Å². The molecule has 0 aliphatic carbocycles. The third-order valence-electron chi connectivity index (χ3n) is 4.34. The Morgan fingerprint density at radius 3 is 3.00 bits per heavy atom. The lowest BCUT2D eigenvalue weighted by Gasteiger charge is -2.37. The standard InChI is InChI=1S/C15H21N3O2/c1-3-10-9-20-7-6-18(10)11-4-5-12-13(8-11)17(2)15(19)14(12)16/h4-5,8,10,14H,3,6-7,9,16H2,1-2H3. The molecule has 5 heteroatoms. The lowest BCUT2D eigenvalue weighted by Crippen LogP contribution is -2.45. The molecule has 5 nitrogen and oxygen atoms in total. The zero-order chi connectivity index (χ0) is 14.3. The Morgan fingerprint density at radius 1 is 1.45 bits per heavy atom. The summed E-state index contributed by atoms with van der Waals surface area (Å²) in [5.41, 5.74) is 8.93. The van der Waals surface area contributed by atoms with Gasteiger partial charge in [-0.05, 0) is 18.6 Å². The van der Waals surface area contributed by atoms with Gasteiger partial charge in [0.1, 0.15) is 6.04 Å². The fourth-order valence-electron chi connectivity index (χ4n) is 3.06. The molecule has 2 heterocycles. The van der Waals surface area contributed by atoms with Crippen LogP contribution in [0.2, 0.25) is 0 Å². The number of fused-ring (bicyclic) bond motifs is 1. The fraction of sp³-hybridized carbons (Fsp3) is 0.533. The summed E-state index contributed by atoms with van der Waals surface area (Å²) in [4.78, 5) is 16.0. The first-order valence-electron chi connectivity index (χ1n) is 7.15. The van der Waals surface area contributed by atoms with Gasteiger partial charge in [-0.1, -0.05) is 13.0 Å². The van der Waals surface area contributed by atoms with Crippen molar-refractivity contribution in [1.82, 2.24) is 0 Å². The van der Waals surface area contributed by atoms with Gasteiger partial charge < -0.3 is 20.3 Å². The first-order valence-corrected chi connectivity index (χ1v) is 7.15. The van der Waals surface area contributed by atoms with Crippen LogP contribution in [0.4, 0.5) is 11.4 Å². The van der Waals surface area contributed by atoms with Gasteiger partial charge >= 0.3 is 0 Å². The number of carbonyl (C=O) groups excluding carboxylic acids is 1. The summed E-state index contributed by atoms with van der Waals surface area (Å²) < 4.78 is 5.55. The Hall–Kier alpha value is -1.59. The molecule has 0 radical (unpaired) electrons. The van der Waals surface area contributed by atoms with E-state index in [2.05, 4.69) is 24.0 Å². The van der Waals surface area contributed by atoms with Crippen LogP contribution in [0.25, 0.3) is 0 Å². The lowest BCUT2D eigenvalue weighted by atomic mass is 10.1. The molecule has 2 atom stereocenters. The molecule has 1 amide bonds. The van der Waals surface area contributed by atoms with Gasteiger partial charge in [0, 0.05) is 24.8 Å². The number of hydrogen-bond donors (Lipinski definition) is 1. The van der Waals surface area contributed by atoms with Gasteiger partial charge in [-0.2, -0.15) is 0 Å². The first-order chi connectivity index (χ1) is 9.63. The van der Waals surface area contributed by atoms with E-state index in [1.54, 1.807) is 11.9 Å². The maximum absolute atomic E-state index is 11.9. The van der Waals surface area contributed by atoms with Gasteiger partial charge in [0.15, 0.2) is 0 Å². The van der Waals surface area contributed by atoms with Crippen molar-refractivity contribution >= 4 is 17.3 Å². The number of morpholine rings is 1. The lowest BCUT2D eigenvalue weighted by molar-refractivity contribution is -0.118. The first kappa shape index (κ1) is 13.4. The fourth-order valence-corrected chi connectivity index (χ4v) is 3.06. The summed E-state index contributed by atoms with van der Waals surface area (Å²) in [6.07, 6.45) is 1.05. The van der Waals surface area contributed by atoms with Crippen molar-refractivity contribution in [3.05, 3.63) is 23.8 Å². The minimum atomic E-state index is -0.518. The Labute approximate surface area is 119 Å². The van der Waals surface area contributed by atoms with E-state index >= 15 is 0 Å². The second kappa shape index (κ2) is 5.07. The Morgan fingerprint density at radius 2 is 2.25 bits per heavy atom. The van der Waals surface area contributed by atoms with Crippen molar-refractivity contribution in [2.45, 2.75) is 25.4 Å². The molecule has 0 aromatic heterocycles. The highest BCUT2D eigenvalue weighted by Gasteiger charge is 2.33. The number of amides is 1. The monoisotopic (exact) mass is 275 g/mol. The zero-order valence-corrected chi connectivity index (χ0v) is 12.0. The van der Waals surface area contributed by atoms with E-state index < -0.39 is 6.04 Å². The number of ether oxygens (including phenoxy) is 1. The Kier molecular flexibility index (Phi) is 3.40. The van der Waals surface area contributed by atoms with E-state index in [-0.39, 0.29) is 5.91 Å². The predicted molar refractivity (Wildman–Crippen MR) is 79.0 cm³/mol. The molecule has 1 aromatic rings. The van der Waals surface area contributed by atoms with E-state index in [4.69, 9.17) is 10.5 Å². The summed E-state index contributed by atoms with van der Waals surface area (Å²) in [5.74, 6) is -0.0360. The summed E-state index contributed by atoms with van der Waals surface area (Å²) in [7, 11) is 1.79. The van der Waals surface area contributed by atoms with E-state index in [0.717, 1.165) is 43.1 Å². The highest BCUT2D eigenvalue weighted by Crippen LogP contribution is 2.37. The second-order valence-electron chi connectivity index (χ2n) is 5.45. The van der Waals surface area contributed by atoms with Crippen LogP contribution in [0.15, 0.2) is 18.2 Å². The van der Waals surface area contributed by atoms with E-state index in [1.165, 1.54) is 0 Å². The zero-order valence-electron chi connectivity index (χ0n) is 12.0. The number of likely N-dealkylation sites (N-methyl/N-ethyl adjacent to an activating group) is 1. The molecule has 2 unspecified atom stereocenters. The molecule has 1 aromatic carbocycles. The van der Waals surface area contributed by atoms with Gasteiger partial charge in [-0.15, -0.1) is 0 Å². The molecule has 2 aliphatic rings. The summed E-state index contributed by atoms with van der Waals surface area (Å²) in [6, 6.07) is 6.01. The van der Waals surface area contributed by atoms with Gasteiger partial charge in [-0.3, -0.25) is 4.79 Å². The minimum absolute atomic E-state index is 0.0360. The number of nitrogens with zero attached hydrogens (tertiary/aromatic N) is 2. The molecule has 1 saturated heterocycles. The third-order valence-corrected chi connectivity index (χ3v) is 4.34. The molecule has 3 rings (SSSR count). The quantitative estimate of drug-likeness (QED) is 0.883. The molecule has 2 aliphatic heterocycles. The van der Waals surface area contributed by atoms with E-state index in [0.29, 0.717) is 6.04 Å². The molecule has 108 valence electrons. The number of nitrogens with two attached hydrogens (primary N) is 1. The average molecular weight is 275 g/mol. The van der Waals surface area contributed by atoms with Crippen LogP contribution in [0, 0.1) is 0 Å². The molecule has 1 fully saturated rings. The third kappa shape index (κ3) is 1.98. The smallest absolute Gasteiger partial charge is 0.248 e. The molecular weight excluding hydrogens is 254 g/mol. The van der Waals surface area contributed by atoms with Crippen molar-refractivity contribution in [2.24, 2.45) is 5.73 Å². The Balaban J connectivity index is 1.95. The van der Waals surface area contributed by atoms with Crippen LogP contribution in [-0.2, 0) is 9.53 Å². The van der Waals surface area contributed by atoms with Gasteiger partial charge in [0.05, 0.1) is 24.9 Å². The molecule has 0 bridgehead atoms. The molecule has 2 N–H and O–H groups in total. The maximum Gasteiger partial charge on any atom is 0.248 e. The molecular formula is C15H21N3O2. The molecule has 20 heavy (non-hydrogen) atoms. The summed E-state index contributed by atoms with van der Waals surface area (Å²) >= 11 is 0.